The van der Waals surface area contributed by atoms with E-state index in [9.17, 15) is 0 Å². The summed E-state index contributed by atoms with van der Waals surface area (Å²) in [6, 6.07) is 0. The van der Waals surface area contributed by atoms with Gasteiger partial charge in [0, 0.05) is 19.6 Å². The van der Waals surface area contributed by atoms with Crippen molar-refractivity contribution in [3.8, 4) is 0 Å². The fraction of sp³-hybridized carbons (Fsp3) is 0.867. The molecule has 0 aromatic rings. The van der Waals surface area contributed by atoms with E-state index in [0.29, 0.717) is 5.41 Å². The van der Waals surface area contributed by atoms with Crippen LogP contribution in [0.25, 0.3) is 0 Å². The Bertz CT molecular complexity index is 285. The first-order valence-corrected chi connectivity index (χ1v) is 7.07. The van der Waals surface area contributed by atoms with Crippen molar-refractivity contribution >= 4 is 0 Å². The van der Waals surface area contributed by atoms with Crippen LogP contribution in [0.3, 0.4) is 0 Å². The molecule has 0 spiro atoms. The highest BCUT2D eigenvalue weighted by molar-refractivity contribution is 5.22. The van der Waals surface area contributed by atoms with Crippen LogP contribution >= 0.6 is 0 Å². The van der Waals surface area contributed by atoms with E-state index in [1.54, 1.807) is 11.1 Å². The maximum atomic E-state index is 3.33. The lowest BCUT2D eigenvalue weighted by Crippen LogP contribution is -2.40. The highest BCUT2D eigenvalue weighted by Crippen LogP contribution is 2.34. The summed E-state index contributed by atoms with van der Waals surface area (Å²) in [6.07, 6.45) is 2.76. The summed E-state index contributed by atoms with van der Waals surface area (Å²) in [5.74, 6) is 0.914. The van der Waals surface area contributed by atoms with Gasteiger partial charge in [-0.05, 0) is 49.8 Å². The van der Waals surface area contributed by atoms with Gasteiger partial charge in [0.15, 0.2) is 0 Å². The summed E-state index contributed by atoms with van der Waals surface area (Å²) in [7, 11) is 0. The third-order valence-electron chi connectivity index (χ3n) is 4.55. The first-order valence-electron chi connectivity index (χ1n) is 7.07. The second kappa shape index (κ2) is 5.11. The van der Waals surface area contributed by atoms with E-state index >= 15 is 0 Å². The maximum Gasteiger partial charge on any atom is 0.0193 e. The van der Waals surface area contributed by atoms with Crippen LogP contribution in [0.1, 0.15) is 40.5 Å². The van der Waals surface area contributed by atoms with Crippen LogP contribution in [0.15, 0.2) is 11.1 Å². The van der Waals surface area contributed by atoms with Crippen molar-refractivity contribution in [3.63, 3.8) is 0 Å². The monoisotopic (exact) mass is 236 g/mol. The fourth-order valence-electron chi connectivity index (χ4n) is 2.96. The zero-order valence-corrected chi connectivity index (χ0v) is 12.0. The third-order valence-corrected chi connectivity index (χ3v) is 4.55. The average Bonchev–Trinajstić information content (AvgIpc) is 2.13. The first-order chi connectivity index (χ1) is 7.97. The molecule has 2 heterocycles. The minimum absolute atomic E-state index is 0.498. The normalized spacial score (nSPS) is 23.6. The molecule has 98 valence electrons. The third kappa shape index (κ3) is 3.32. The molecule has 1 N–H and O–H groups in total. The van der Waals surface area contributed by atoms with Crippen LogP contribution in [0.5, 0.6) is 0 Å². The molecule has 2 rings (SSSR count). The number of hydrogen-bond donors (Lipinski definition) is 1. The Morgan fingerprint density at radius 1 is 1.24 bits per heavy atom. The zero-order chi connectivity index (χ0) is 12.5. The van der Waals surface area contributed by atoms with Crippen LogP contribution in [-0.2, 0) is 0 Å². The van der Waals surface area contributed by atoms with Gasteiger partial charge in [-0.25, -0.2) is 0 Å². The van der Waals surface area contributed by atoms with Crippen LogP contribution < -0.4 is 5.32 Å². The minimum Gasteiger partial charge on any atom is -0.309 e. The smallest absolute Gasteiger partial charge is 0.0193 e. The maximum absolute atomic E-state index is 3.33. The molecule has 0 saturated carbocycles. The van der Waals surface area contributed by atoms with Gasteiger partial charge in [-0.1, -0.05) is 26.3 Å². The van der Waals surface area contributed by atoms with Crippen LogP contribution in [0, 0.1) is 11.3 Å². The van der Waals surface area contributed by atoms with Crippen molar-refractivity contribution in [2.24, 2.45) is 11.3 Å². The van der Waals surface area contributed by atoms with Crippen molar-refractivity contribution in [1.82, 2.24) is 10.2 Å². The van der Waals surface area contributed by atoms with Gasteiger partial charge in [-0.15, -0.1) is 0 Å². The first kappa shape index (κ1) is 13.1. The molecule has 2 saturated heterocycles. The van der Waals surface area contributed by atoms with Crippen molar-refractivity contribution in [1.29, 1.82) is 0 Å². The lowest BCUT2D eigenvalue weighted by atomic mass is 9.75. The van der Waals surface area contributed by atoms with E-state index in [-0.39, 0.29) is 0 Å². The summed E-state index contributed by atoms with van der Waals surface area (Å²) in [5.41, 5.74) is 3.75. The van der Waals surface area contributed by atoms with E-state index in [4.69, 9.17) is 0 Å². The van der Waals surface area contributed by atoms with E-state index in [1.807, 2.05) is 0 Å². The van der Waals surface area contributed by atoms with Crippen molar-refractivity contribution in [3.05, 3.63) is 11.1 Å². The van der Waals surface area contributed by atoms with Crippen LogP contribution in [-0.4, -0.2) is 37.6 Å². The summed E-state index contributed by atoms with van der Waals surface area (Å²) in [6.45, 7) is 15.5. The lowest BCUT2D eigenvalue weighted by molar-refractivity contribution is 0.118. The Balaban J connectivity index is 1.79. The summed E-state index contributed by atoms with van der Waals surface area (Å²) < 4.78 is 0. The summed E-state index contributed by atoms with van der Waals surface area (Å²) in [5, 5.41) is 3.33. The molecule has 2 aliphatic rings. The number of likely N-dealkylation sites (tertiary alicyclic amines) is 1. The molecular formula is C15H28N2. The van der Waals surface area contributed by atoms with Gasteiger partial charge in [0.25, 0.3) is 0 Å². The molecule has 2 aliphatic heterocycles. The molecule has 0 atom stereocenters. The largest absolute Gasteiger partial charge is 0.309 e. The molecule has 0 radical (unpaired) electrons. The Morgan fingerprint density at radius 2 is 1.82 bits per heavy atom. The standard InChI is InChI=1S/C15H28N2/c1-12(13-9-16-10-13)11-17-7-5-14(6-8-17)15(2,3)4/h14,16H,5-11H2,1-4H3. The van der Waals surface area contributed by atoms with Crippen molar-refractivity contribution < 1.29 is 0 Å². The molecule has 17 heavy (non-hydrogen) atoms. The Hall–Kier alpha value is -0.340. The van der Waals surface area contributed by atoms with Gasteiger partial charge in [0.2, 0.25) is 0 Å². The second-order valence-corrected chi connectivity index (χ2v) is 6.90. The Kier molecular flexibility index (Phi) is 3.94. The highest BCUT2D eigenvalue weighted by Gasteiger charge is 2.28. The number of piperidine rings is 1. The minimum atomic E-state index is 0.498. The fourth-order valence-corrected chi connectivity index (χ4v) is 2.96. The van der Waals surface area contributed by atoms with Crippen LogP contribution in [0.2, 0.25) is 0 Å². The van der Waals surface area contributed by atoms with Gasteiger partial charge < -0.3 is 5.32 Å². The second-order valence-electron chi connectivity index (χ2n) is 6.90. The lowest BCUT2D eigenvalue weighted by Gasteiger charge is -2.39. The summed E-state index contributed by atoms with van der Waals surface area (Å²) in [4.78, 5) is 2.64. The van der Waals surface area contributed by atoms with E-state index in [0.717, 1.165) is 19.0 Å². The van der Waals surface area contributed by atoms with Gasteiger partial charge in [0.1, 0.15) is 0 Å². The SMILES string of the molecule is CC(CN1CCC(C(C)(C)C)CC1)=C1CNC1. The summed E-state index contributed by atoms with van der Waals surface area (Å²) >= 11 is 0. The molecule has 0 aromatic carbocycles. The van der Waals surface area contributed by atoms with E-state index in [1.165, 1.54) is 32.5 Å². The predicted octanol–water partition coefficient (Wildman–Crippen LogP) is 2.66. The van der Waals surface area contributed by atoms with Gasteiger partial charge in [-0.3, -0.25) is 4.90 Å². The van der Waals surface area contributed by atoms with E-state index in [2.05, 4.69) is 37.9 Å². The van der Waals surface area contributed by atoms with Crippen molar-refractivity contribution in [2.75, 3.05) is 32.7 Å². The zero-order valence-electron chi connectivity index (χ0n) is 12.0. The van der Waals surface area contributed by atoms with Crippen molar-refractivity contribution in [2.45, 2.75) is 40.5 Å². The molecule has 0 aromatic heterocycles. The average molecular weight is 236 g/mol. The number of rotatable bonds is 2. The van der Waals surface area contributed by atoms with E-state index < -0.39 is 0 Å². The van der Waals surface area contributed by atoms with Crippen LogP contribution in [0.4, 0.5) is 0 Å². The number of nitrogens with zero attached hydrogens (tertiary/aromatic N) is 1. The molecule has 0 unspecified atom stereocenters. The molecule has 0 aliphatic carbocycles. The quantitative estimate of drug-likeness (QED) is 0.742. The molecule has 0 amide bonds. The predicted molar refractivity (Wildman–Crippen MR) is 74.2 cm³/mol. The van der Waals surface area contributed by atoms with Gasteiger partial charge in [0.05, 0.1) is 0 Å². The van der Waals surface area contributed by atoms with Gasteiger partial charge >= 0.3 is 0 Å². The molecule has 2 heteroatoms. The topological polar surface area (TPSA) is 15.3 Å². The molecule has 0 bridgehead atoms. The number of nitrogens with one attached hydrogen (secondary N) is 1. The number of hydrogen-bond acceptors (Lipinski definition) is 2. The molecule has 2 fully saturated rings. The molecular weight excluding hydrogens is 208 g/mol. The Morgan fingerprint density at radius 3 is 2.24 bits per heavy atom. The Labute approximate surface area is 106 Å². The highest BCUT2D eigenvalue weighted by atomic mass is 15.1. The molecule has 2 nitrogen and oxygen atoms in total. The van der Waals surface area contributed by atoms with Gasteiger partial charge in [-0.2, -0.15) is 0 Å².